The lowest BCUT2D eigenvalue weighted by Crippen LogP contribution is -2.17. The molecule has 0 saturated carbocycles. The van der Waals surface area contributed by atoms with E-state index in [-0.39, 0.29) is 23.7 Å². The van der Waals surface area contributed by atoms with Gasteiger partial charge >= 0.3 is 5.97 Å². The van der Waals surface area contributed by atoms with Crippen LogP contribution in [0.3, 0.4) is 0 Å². The molecule has 0 spiro atoms. The van der Waals surface area contributed by atoms with Gasteiger partial charge in [-0.15, -0.1) is 0 Å². The first-order valence-corrected chi connectivity index (χ1v) is 6.43. The van der Waals surface area contributed by atoms with Crippen molar-refractivity contribution in [1.82, 2.24) is 4.98 Å². The lowest BCUT2D eigenvalue weighted by molar-refractivity contribution is 0.0298. The van der Waals surface area contributed by atoms with Crippen LogP contribution in [0, 0.1) is 17.1 Å². The summed E-state index contributed by atoms with van der Waals surface area (Å²) in [4.78, 5) is 15.9. The second kappa shape index (κ2) is 6.66. The maximum Gasteiger partial charge on any atom is 0.361 e. The zero-order chi connectivity index (χ0) is 15.2. The summed E-state index contributed by atoms with van der Waals surface area (Å²) < 4.78 is 23.3. The monoisotopic (exact) mass is 288 g/mol. The van der Waals surface area contributed by atoms with E-state index < -0.39 is 12.1 Å². The predicted octanol–water partition coefficient (Wildman–Crippen LogP) is 3.33. The molecule has 0 fully saturated rings. The highest BCUT2D eigenvalue weighted by Crippen LogP contribution is 2.24. The number of benzene rings is 1. The zero-order valence-corrected chi connectivity index (χ0v) is 11.4. The second-order valence-corrected chi connectivity index (χ2v) is 4.33. The van der Waals surface area contributed by atoms with Crippen LogP contribution >= 0.6 is 0 Å². The number of carbonyl (C=O) groups is 1. The van der Waals surface area contributed by atoms with Gasteiger partial charge in [0.2, 0.25) is 0 Å². The van der Waals surface area contributed by atoms with Crippen LogP contribution in [0.2, 0.25) is 0 Å². The smallest absolute Gasteiger partial charge is 0.361 e. The Morgan fingerprint density at radius 1 is 1.48 bits per heavy atom. The largest absolute Gasteiger partial charge is 0.456 e. The number of ether oxygens (including phenoxy) is 1. The minimum atomic E-state index is -0.662. The highest BCUT2D eigenvalue weighted by Gasteiger charge is 2.22. The van der Waals surface area contributed by atoms with Crippen molar-refractivity contribution in [3.8, 4) is 17.4 Å². The summed E-state index contributed by atoms with van der Waals surface area (Å²) in [5, 5.41) is 8.66. The Morgan fingerprint density at radius 2 is 2.19 bits per heavy atom. The van der Waals surface area contributed by atoms with E-state index in [2.05, 4.69) is 4.98 Å². The Kier molecular flexibility index (Phi) is 4.67. The molecule has 0 bridgehead atoms. The quantitative estimate of drug-likeness (QED) is 0.789. The molecule has 0 aliphatic heterocycles. The van der Waals surface area contributed by atoms with Crippen molar-refractivity contribution in [2.45, 2.75) is 25.9 Å². The summed E-state index contributed by atoms with van der Waals surface area (Å²) >= 11 is 0. The van der Waals surface area contributed by atoms with E-state index in [1.165, 1.54) is 24.3 Å². The topological polar surface area (TPSA) is 76.1 Å². The fourth-order valence-electron chi connectivity index (χ4n) is 1.78. The van der Waals surface area contributed by atoms with Crippen LogP contribution in [-0.4, -0.2) is 17.1 Å². The molecule has 0 radical (unpaired) electrons. The van der Waals surface area contributed by atoms with Gasteiger partial charge in [0.15, 0.2) is 17.8 Å². The van der Waals surface area contributed by atoms with Crippen molar-refractivity contribution < 1.29 is 18.3 Å². The van der Waals surface area contributed by atoms with Gasteiger partial charge in [0.1, 0.15) is 11.9 Å². The van der Waals surface area contributed by atoms with Gasteiger partial charge in [-0.3, -0.25) is 0 Å². The normalized spacial score (nSPS) is 11.7. The number of esters is 1. The third-order valence-electron chi connectivity index (χ3n) is 2.92. The van der Waals surface area contributed by atoms with Crippen molar-refractivity contribution >= 4 is 5.97 Å². The number of nitrogens with zero attached hydrogens (tertiary/aromatic N) is 2. The molecule has 5 nitrogen and oxygen atoms in total. The van der Waals surface area contributed by atoms with Crippen molar-refractivity contribution in [2.24, 2.45) is 0 Å². The van der Waals surface area contributed by atoms with Gasteiger partial charge < -0.3 is 9.15 Å². The number of hydrogen-bond donors (Lipinski definition) is 0. The first kappa shape index (κ1) is 14.7. The van der Waals surface area contributed by atoms with E-state index in [1.54, 1.807) is 0 Å². The summed E-state index contributed by atoms with van der Waals surface area (Å²) in [6, 6.07) is 7.45. The minimum Gasteiger partial charge on any atom is -0.456 e. The van der Waals surface area contributed by atoms with Gasteiger partial charge in [-0.25, -0.2) is 14.2 Å². The second-order valence-electron chi connectivity index (χ2n) is 4.33. The van der Waals surface area contributed by atoms with E-state index in [4.69, 9.17) is 14.4 Å². The Morgan fingerprint density at radius 3 is 2.81 bits per heavy atom. The average Bonchev–Trinajstić information content (AvgIpc) is 2.97. The summed E-state index contributed by atoms with van der Waals surface area (Å²) in [5.41, 5.74) is 0.534. The minimum absolute atomic E-state index is 0.0120. The van der Waals surface area contributed by atoms with Crippen LogP contribution in [-0.2, 0) is 4.74 Å². The first-order valence-electron chi connectivity index (χ1n) is 6.43. The lowest BCUT2D eigenvalue weighted by atomic mass is 10.1. The van der Waals surface area contributed by atoms with Crippen molar-refractivity contribution in [1.29, 1.82) is 5.26 Å². The highest BCUT2D eigenvalue weighted by molar-refractivity contribution is 5.93. The lowest BCUT2D eigenvalue weighted by Gasteiger charge is -2.12. The number of rotatable bonds is 5. The summed E-state index contributed by atoms with van der Waals surface area (Å²) in [6.45, 7) is 1.82. The molecular weight excluding hydrogens is 275 g/mol. The Hall–Kier alpha value is -2.68. The van der Waals surface area contributed by atoms with Gasteiger partial charge in [0, 0.05) is 5.56 Å². The van der Waals surface area contributed by atoms with Crippen LogP contribution in [0.5, 0.6) is 0 Å². The molecule has 0 aliphatic rings. The number of carbonyl (C=O) groups excluding carboxylic acids is 1. The molecule has 0 amide bonds. The molecule has 2 rings (SSSR count). The zero-order valence-electron chi connectivity index (χ0n) is 11.4. The molecule has 2 aromatic rings. The SMILES string of the molecule is CC[C@H](CC#N)OC(=O)c1ncoc1-c1ccc(F)cc1. The van der Waals surface area contributed by atoms with Gasteiger partial charge in [-0.05, 0) is 30.7 Å². The van der Waals surface area contributed by atoms with Gasteiger partial charge in [-0.2, -0.15) is 5.26 Å². The number of hydrogen-bond acceptors (Lipinski definition) is 5. The fourth-order valence-corrected chi connectivity index (χ4v) is 1.78. The molecule has 1 aromatic heterocycles. The summed E-state index contributed by atoms with van der Waals surface area (Å²) in [6.07, 6.45) is 1.29. The van der Waals surface area contributed by atoms with Crippen LogP contribution < -0.4 is 0 Å². The Balaban J connectivity index is 2.22. The van der Waals surface area contributed by atoms with E-state index >= 15 is 0 Å². The molecule has 0 saturated heterocycles. The van der Waals surface area contributed by atoms with E-state index in [1.807, 2.05) is 13.0 Å². The van der Waals surface area contributed by atoms with E-state index in [0.717, 1.165) is 6.39 Å². The van der Waals surface area contributed by atoms with Crippen LogP contribution in [0.15, 0.2) is 35.1 Å². The molecule has 0 unspecified atom stereocenters. The van der Waals surface area contributed by atoms with Crippen LogP contribution in [0.1, 0.15) is 30.3 Å². The summed E-state index contributed by atoms with van der Waals surface area (Å²) in [5.74, 6) is -0.834. The highest BCUT2D eigenvalue weighted by atomic mass is 19.1. The maximum absolute atomic E-state index is 12.9. The average molecular weight is 288 g/mol. The first-order chi connectivity index (χ1) is 10.2. The number of aromatic nitrogens is 1. The van der Waals surface area contributed by atoms with Crippen LogP contribution in [0.4, 0.5) is 4.39 Å². The molecule has 1 atom stereocenters. The standard InChI is InChI=1S/C15H13FN2O3/c1-2-12(7-8-17)21-15(19)13-14(20-9-18-13)10-3-5-11(16)6-4-10/h3-6,9,12H,2,7H2,1H3/t12-/m1/s1. The molecule has 0 aliphatic carbocycles. The van der Waals surface area contributed by atoms with E-state index in [0.29, 0.717) is 12.0 Å². The number of halogens is 1. The molecule has 1 aromatic carbocycles. The third kappa shape index (κ3) is 3.45. The third-order valence-corrected chi connectivity index (χ3v) is 2.92. The van der Waals surface area contributed by atoms with Crippen molar-refractivity contribution in [2.75, 3.05) is 0 Å². The Labute approximate surface area is 121 Å². The summed E-state index contributed by atoms with van der Waals surface area (Å²) in [7, 11) is 0. The number of nitriles is 1. The molecular formula is C15H13FN2O3. The van der Waals surface area contributed by atoms with Gasteiger partial charge in [0.25, 0.3) is 0 Å². The van der Waals surface area contributed by atoms with E-state index in [9.17, 15) is 9.18 Å². The fraction of sp³-hybridized carbons (Fsp3) is 0.267. The molecule has 6 heteroatoms. The maximum atomic E-state index is 12.9. The van der Waals surface area contributed by atoms with Gasteiger partial charge in [0.05, 0.1) is 12.5 Å². The Bertz CT molecular complexity index is 658. The van der Waals surface area contributed by atoms with Crippen molar-refractivity contribution in [3.63, 3.8) is 0 Å². The van der Waals surface area contributed by atoms with Crippen LogP contribution in [0.25, 0.3) is 11.3 Å². The molecule has 0 N–H and O–H groups in total. The molecule has 1 heterocycles. The van der Waals surface area contributed by atoms with Crippen molar-refractivity contribution in [3.05, 3.63) is 42.2 Å². The molecule has 21 heavy (non-hydrogen) atoms. The van der Waals surface area contributed by atoms with Gasteiger partial charge in [-0.1, -0.05) is 6.92 Å². The number of oxazole rings is 1. The predicted molar refractivity (Wildman–Crippen MR) is 71.6 cm³/mol. The molecule has 108 valence electrons.